The van der Waals surface area contributed by atoms with Gasteiger partial charge in [0.15, 0.2) is 0 Å². The Labute approximate surface area is 123 Å². The summed E-state index contributed by atoms with van der Waals surface area (Å²) >= 11 is 3.80. The Morgan fingerprint density at radius 2 is 1.74 bits per heavy atom. The fourth-order valence-electron chi connectivity index (χ4n) is 2.31. The maximum Gasteiger partial charge on any atom is 0.119 e. The van der Waals surface area contributed by atoms with Crippen LogP contribution in [0.4, 0.5) is 0 Å². The number of benzene rings is 2. The van der Waals surface area contributed by atoms with E-state index in [0.29, 0.717) is 4.83 Å². The zero-order valence-electron chi connectivity index (χ0n) is 11.6. The van der Waals surface area contributed by atoms with Crippen molar-refractivity contribution in [2.75, 3.05) is 7.11 Å². The fourth-order valence-corrected chi connectivity index (χ4v) is 2.95. The highest BCUT2D eigenvalue weighted by molar-refractivity contribution is 9.09. The van der Waals surface area contributed by atoms with Gasteiger partial charge in [0, 0.05) is 4.83 Å². The number of alkyl halides is 1. The summed E-state index contributed by atoms with van der Waals surface area (Å²) in [6.45, 7) is 4.28. The van der Waals surface area contributed by atoms with Gasteiger partial charge >= 0.3 is 0 Å². The van der Waals surface area contributed by atoms with Crippen molar-refractivity contribution < 1.29 is 4.74 Å². The topological polar surface area (TPSA) is 9.23 Å². The first-order valence-corrected chi connectivity index (χ1v) is 7.35. The molecule has 0 spiro atoms. The van der Waals surface area contributed by atoms with Crippen molar-refractivity contribution in [2.45, 2.75) is 25.1 Å². The van der Waals surface area contributed by atoms with Gasteiger partial charge in [-0.1, -0.05) is 57.4 Å². The first-order valence-electron chi connectivity index (χ1n) is 6.43. The molecule has 0 amide bonds. The lowest BCUT2D eigenvalue weighted by atomic mass is 10.0. The molecule has 0 aliphatic heterocycles. The molecule has 0 heterocycles. The lowest BCUT2D eigenvalue weighted by Gasteiger charge is -2.13. The third-order valence-electron chi connectivity index (χ3n) is 3.15. The molecule has 1 unspecified atom stereocenters. The van der Waals surface area contributed by atoms with E-state index in [9.17, 15) is 0 Å². The maximum absolute atomic E-state index is 5.27. The standard InChI is InChI=1S/C17H19BrO/c1-12-7-13(2)9-15(8-12)17(18)11-14-5-4-6-16(10-14)19-3/h4-10,17H,11H2,1-3H3. The van der Waals surface area contributed by atoms with Crippen LogP contribution in [-0.4, -0.2) is 7.11 Å². The monoisotopic (exact) mass is 318 g/mol. The molecule has 0 N–H and O–H groups in total. The van der Waals surface area contributed by atoms with Crippen molar-refractivity contribution in [3.63, 3.8) is 0 Å². The summed E-state index contributed by atoms with van der Waals surface area (Å²) < 4.78 is 5.27. The molecule has 0 fully saturated rings. The molecule has 0 bridgehead atoms. The quantitative estimate of drug-likeness (QED) is 0.721. The van der Waals surface area contributed by atoms with Gasteiger partial charge in [-0.25, -0.2) is 0 Å². The zero-order valence-corrected chi connectivity index (χ0v) is 13.2. The predicted molar refractivity (Wildman–Crippen MR) is 84.3 cm³/mol. The highest BCUT2D eigenvalue weighted by atomic mass is 79.9. The van der Waals surface area contributed by atoms with Crippen molar-refractivity contribution in [1.82, 2.24) is 0 Å². The summed E-state index contributed by atoms with van der Waals surface area (Å²) in [6.07, 6.45) is 0.958. The molecular formula is C17H19BrO. The van der Waals surface area contributed by atoms with E-state index in [1.165, 1.54) is 22.3 Å². The Kier molecular flexibility index (Phi) is 4.65. The average Bonchev–Trinajstić information content (AvgIpc) is 2.37. The van der Waals surface area contributed by atoms with Crippen LogP contribution >= 0.6 is 15.9 Å². The average molecular weight is 319 g/mol. The molecule has 0 saturated heterocycles. The first kappa shape index (κ1) is 14.1. The van der Waals surface area contributed by atoms with Gasteiger partial charge in [-0.05, 0) is 43.5 Å². The molecule has 0 aliphatic carbocycles. The van der Waals surface area contributed by atoms with E-state index in [0.717, 1.165) is 12.2 Å². The van der Waals surface area contributed by atoms with Crippen molar-refractivity contribution >= 4 is 15.9 Å². The van der Waals surface area contributed by atoms with Gasteiger partial charge in [0.25, 0.3) is 0 Å². The normalized spacial score (nSPS) is 12.2. The van der Waals surface area contributed by atoms with E-state index in [4.69, 9.17) is 4.74 Å². The molecular weight excluding hydrogens is 300 g/mol. The first-order chi connectivity index (χ1) is 9.08. The van der Waals surface area contributed by atoms with E-state index in [2.05, 4.69) is 60.1 Å². The van der Waals surface area contributed by atoms with Crippen LogP contribution in [0.15, 0.2) is 42.5 Å². The Morgan fingerprint density at radius 1 is 1.05 bits per heavy atom. The van der Waals surface area contributed by atoms with Crippen molar-refractivity contribution in [2.24, 2.45) is 0 Å². The van der Waals surface area contributed by atoms with E-state index in [1.807, 2.05) is 12.1 Å². The van der Waals surface area contributed by atoms with E-state index in [-0.39, 0.29) is 0 Å². The third kappa shape index (κ3) is 3.84. The lowest BCUT2D eigenvalue weighted by molar-refractivity contribution is 0.414. The molecule has 1 atom stereocenters. The number of hydrogen-bond acceptors (Lipinski definition) is 1. The molecule has 2 aromatic rings. The molecule has 2 heteroatoms. The second-order valence-corrected chi connectivity index (χ2v) is 6.05. The molecule has 2 aromatic carbocycles. The van der Waals surface area contributed by atoms with E-state index >= 15 is 0 Å². The van der Waals surface area contributed by atoms with Gasteiger partial charge in [-0.15, -0.1) is 0 Å². The van der Waals surface area contributed by atoms with Gasteiger partial charge in [-0.3, -0.25) is 0 Å². The minimum absolute atomic E-state index is 0.332. The van der Waals surface area contributed by atoms with Crippen LogP contribution in [0.25, 0.3) is 0 Å². The predicted octanol–water partition coefficient (Wildman–Crippen LogP) is 4.99. The highest BCUT2D eigenvalue weighted by Crippen LogP contribution is 2.29. The SMILES string of the molecule is COc1cccc(CC(Br)c2cc(C)cc(C)c2)c1. The smallest absolute Gasteiger partial charge is 0.119 e. The van der Waals surface area contributed by atoms with Crippen LogP contribution in [0.5, 0.6) is 5.75 Å². The fraction of sp³-hybridized carbons (Fsp3) is 0.294. The van der Waals surface area contributed by atoms with Crippen LogP contribution in [0, 0.1) is 13.8 Å². The largest absolute Gasteiger partial charge is 0.497 e. The number of rotatable bonds is 4. The highest BCUT2D eigenvalue weighted by Gasteiger charge is 2.10. The summed E-state index contributed by atoms with van der Waals surface area (Å²) in [5, 5.41) is 0. The Hall–Kier alpha value is -1.28. The number of hydrogen-bond donors (Lipinski definition) is 0. The van der Waals surface area contributed by atoms with Crippen molar-refractivity contribution in [3.05, 3.63) is 64.7 Å². The summed E-state index contributed by atoms with van der Waals surface area (Å²) in [7, 11) is 1.70. The number of methoxy groups -OCH3 is 1. The second-order valence-electron chi connectivity index (χ2n) is 4.94. The van der Waals surface area contributed by atoms with Crippen LogP contribution in [0.3, 0.4) is 0 Å². The molecule has 0 aromatic heterocycles. The molecule has 0 aliphatic rings. The van der Waals surface area contributed by atoms with Crippen molar-refractivity contribution in [1.29, 1.82) is 0 Å². The van der Waals surface area contributed by atoms with E-state index < -0.39 is 0 Å². The summed E-state index contributed by atoms with van der Waals surface area (Å²) in [4.78, 5) is 0.332. The van der Waals surface area contributed by atoms with Gasteiger partial charge < -0.3 is 4.74 Å². The van der Waals surface area contributed by atoms with Crippen LogP contribution in [0.2, 0.25) is 0 Å². The van der Waals surface area contributed by atoms with Crippen molar-refractivity contribution in [3.8, 4) is 5.75 Å². The lowest BCUT2D eigenvalue weighted by Crippen LogP contribution is -1.97. The maximum atomic E-state index is 5.27. The Morgan fingerprint density at radius 3 is 2.37 bits per heavy atom. The third-order valence-corrected chi connectivity index (χ3v) is 4.01. The number of halogens is 1. The van der Waals surface area contributed by atoms with Gasteiger partial charge in [0.05, 0.1) is 7.11 Å². The van der Waals surface area contributed by atoms with E-state index in [1.54, 1.807) is 7.11 Å². The zero-order chi connectivity index (χ0) is 13.8. The van der Waals surface area contributed by atoms with Crippen LogP contribution < -0.4 is 4.74 Å². The minimum Gasteiger partial charge on any atom is -0.497 e. The Bertz CT molecular complexity index is 543. The summed E-state index contributed by atoms with van der Waals surface area (Å²) in [5.41, 5.74) is 5.23. The molecule has 100 valence electrons. The molecule has 0 radical (unpaired) electrons. The molecule has 0 saturated carbocycles. The van der Waals surface area contributed by atoms with Gasteiger partial charge in [-0.2, -0.15) is 0 Å². The molecule has 1 nitrogen and oxygen atoms in total. The number of ether oxygens (including phenoxy) is 1. The van der Waals surface area contributed by atoms with Gasteiger partial charge in [0.2, 0.25) is 0 Å². The van der Waals surface area contributed by atoms with Crippen LogP contribution in [0.1, 0.15) is 27.1 Å². The molecule has 2 rings (SSSR count). The number of aryl methyl sites for hydroxylation is 2. The van der Waals surface area contributed by atoms with Crippen LogP contribution in [-0.2, 0) is 6.42 Å². The summed E-state index contributed by atoms with van der Waals surface area (Å²) in [5.74, 6) is 0.914. The Balaban J connectivity index is 2.17. The second kappa shape index (κ2) is 6.25. The summed E-state index contributed by atoms with van der Waals surface area (Å²) in [6, 6.07) is 14.9. The minimum atomic E-state index is 0.332. The molecule has 19 heavy (non-hydrogen) atoms. The van der Waals surface area contributed by atoms with Gasteiger partial charge in [0.1, 0.15) is 5.75 Å².